The number of nitrogens with zero attached hydrogens (tertiary/aromatic N) is 1. The Kier molecular flexibility index (Phi) is 5.48. The van der Waals surface area contributed by atoms with E-state index in [1.807, 2.05) is 24.3 Å². The van der Waals surface area contributed by atoms with Gasteiger partial charge >= 0.3 is 0 Å². The summed E-state index contributed by atoms with van der Waals surface area (Å²) in [6, 6.07) is 10.9. The van der Waals surface area contributed by atoms with E-state index in [-0.39, 0.29) is 18.1 Å². The number of rotatable bonds is 5. The maximum absolute atomic E-state index is 13.6. The Balaban J connectivity index is 1.62. The molecule has 1 saturated heterocycles. The monoisotopic (exact) mass is 345 g/mol. The van der Waals surface area contributed by atoms with E-state index < -0.39 is 11.6 Å². The number of halogens is 2. The van der Waals surface area contributed by atoms with Crippen LogP contribution < -0.4 is 15.5 Å². The van der Waals surface area contributed by atoms with Crippen molar-refractivity contribution in [3.63, 3.8) is 0 Å². The van der Waals surface area contributed by atoms with Crippen molar-refractivity contribution < 1.29 is 13.6 Å². The van der Waals surface area contributed by atoms with Gasteiger partial charge in [0.2, 0.25) is 5.91 Å². The summed E-state index contributed by atoms with van der Waals surface area (Å²) in [6.45, 7) is 2.01. The second kappa shape index (κ2) is 7.96. The molecule has 1 amide bonds. The summed E-state index contributed by atoms with van der Waals surface area (Å²) in [6.07, 6.45) is 3.58. The second-order valence-electron chi connectivity index (χ2n) is 6.09. The molecular formula is C19H21F2N3O. The lowest BCUT2D eigenvalue weighted by Crippen LogP contribution is -2.30. The van der Waals surface area contributed by atoms with E-state index in [1.165, 1.54) is 25.3 Å². The highest BCUT2D eigenvalue weighted by atomic mass is 19.1. The predicted octanol–water partition coefficient (Wildman–Crippen LogP) is 4.01. The molecule has 6 heteroatoms. The van der Waals surface area contributed by atoms with Crippen LogP contribution in [0.1, 0.15) is 19.3 Å². The van der Waals surface area contributed by atoms with Gasteiger partial charge in [0.15, 0.2) is 0 Å². The van der Waals surface area contributed by atoms with Gasteiger partial charge in [0.25, 0.3) is 0 Å². The van der Waals surface area contributed by atoms with Gasteiger partial charge in [-0.25, -0.2) is 8.78 Å². The van der Waals surface area contributed by atoms with Crippen molar-refractivity contribution in [3.8, 4) is 0 Å². The minimum absolute atomic E-state index is 0.00166. The van der Waals surface area contributed by atoms with E-state index in [1.54, 1.807) is 0 Å². The Bertz CT molecular complexity index is 745. The van der Waals surface area contributed by atoms with Crippen molar-refractivity contribution in [2.75, 3.05) is 35.2 Å². The number of nitrogens with one attached hydrogen (secondary N) is 2. The summed E-state index contributed by atoms with van der Waals surface area (Å²) in [5, 5.41) is 5.56. The molecule has 0 spiro atoms. The van der Waals surface area contributed by atoms with E-state index in [9.17, 15) is 13.6 Å². The van der Waals surface area contributed by atoms with Gasteiger partial charge in [-0.2, -0.15) is 0 Å². The van der Waals surface area contributed by atoms with Crippen LogP contribution >= 0.6 is 0 Å². The molecule has 1 aliphatic rings. The lowest BCUT2D eigenvalue weighted by atomic mass is 10.1. The molecule has 25 heavy (non-hydrogen) atoms. The molecule has 1 heterocycles. The van der Waals surface area contributed by atoms with Crippen molar-refractivity contribution >= 4 is 23.0 Å². The number of carbonyl (C=O) groups is 1. The van der Waals surface area contributed by atoms with Crippen molar-refractivity contribution in [3.05, 3.63) is 54.1 Å². The second-order valence-corrected chi connectivity index (χ2v) is 6.09. The SMILES string of the molecule is O=C(CNc1ccccc1N1CCCCC1)Nc1ccc(F)cc1F. The molecule has 1 fully saturated rings. The van der Waals surface area contributed by atoms with Gasteiger partial charge in [-0.1, -0.05) is 12.1 Å². The number of piperidine rings is 1. The minimum atomic E-state index is -0.790. The van der Waals surface area contributed by atoms with E-state index in [0.717, 1.165) is 36.6 Å². The summed E-state index contributed by atoms with van der Waals surface area (Å²) in [7, 11) is 0. The highest BCUT2D eigenvalue weighted by Crippen LogP contribution is 2.28. The van der Waals surface area contributed by atoms with Crippen LogP contribution in [-0.2, 0) is 4.79 Å². The van der Waals surface area contributed by atoms with Crippen LogP contribution in [0.4, 0.5) is 25.8 Å². The maximum Gasteiger partial charge on any atom is 0.243 e. The van der Waals surface area contributed by atoms with Crippen molar-refractivity contribution in [2.24, 2.45) is 0 Å². The van der Waals surface area contributed by atoms with Gasteiger partial charge in [0.05, 0.1) is 23.6 Å². The maximum atomic E-state index is 13.6. The number of anilines is 3. The predicted molar refractivity (Wildman–Crippen MR) is 96.0 cm³/mol. The number of carbonyl (C=O) groups excluding carboxylic acids is 1. The Labute approximate surface area is 145 Å². The fourth-order valence-corrected chi connectivity index (χ4v) is 2.99. The van der Waals surface area contributed by atoms with E-state index in [2.05, 4.69) is 15.5 Å². The van der Waals surface area contributed by atoms with Crippen LogP contribution in [0.15, 0.2) is 42.5 Å². The van der Waals surface area contributed by atoms with Crippen molar-refractivity contribution in [2.45, 2.75) is 19.3 Å². The molecule has 3 rings (SSSR count). The molecule has 4 nitrogen and oxygen atoms in total. The van der Waals surface area contributed by atoms with Crippen LogP contribution in [0.3, 0.4) is 0 Å². The molecule has 0 atom stereocenters. The highest BCUT2D eigenvalue weighted by Gasteiger charge is 2.15. The van der Waals surface area contributed by atoms with Gasteiger partial charge in [-0.05, 0) is 43.5 Å². The molecule has 132 valence electrons. The largest absolute Gasteiger partial charge is 0.374 e. The van der Waals surface area contributed by atoms with Crippen LogP contribution in [-0.4, -0.2) is 25.5 Å². The zero-order chi connectivity index (χ0) is 17.6. The summed E-state index contributed by atoms with van der Waals surface area (Å²) < 4.78 is 26.5. The first-order valence-corrected chi connectivity index (χ1v) is 8.46. The number of benzene rings is 2. The number of para-hydroxylation sites is 2. The standard InChI is InChI=1S/C19H21F2N3O/c20-14-8-9-16(15(21)12-14)23-19(25)13-22-17-6-2-3-7-18(17)24-10-4-1-5-11-24/h2-3,6-9,12,22H,1,4-5,10-11,13H2,(H,23,25). The van der Waals surface area contributed by atoms with Crippen LogP contribution in [0.2, 0.25) is 0 Å². The summed E-state index contributed by atoms with van der Waals surface area (Å²) in [4.78, 5) is 14.4. The van der Waals surface area contributed by atoms with Gasteiger partial charge in [0, 0.05) is 19.2 Å². The fraction of sp³-hybridized carbons (Fsp3) is 0.316. The third kappa shape index (κ3) is 4.47. The molecule has 2 N–H and O–H groups in total. The van der Waals surface area contributed by atoms with E-state index >= 15 is 0 Å². The zero-order valence-electron chi connectivity index (χ0n) is 13.9. The van der Waals surface area contributed by atoms with Crippen LogP contribution in [0, 0.1) is 11.6 Å². The van der Waals surface area contributed by atoms with Crippen molar-refractivity contribution in [1.29, 1.82) is 0 Å². The molecule has 0 radical (unpaired) electrons. The van der Waals surface area contributed by atoms with Gasteiger partial charge in [-0.3, -0.25) is 4.79 Å². The molecule has 1 aliphatic heterocycles. The van der Waals surface area contributed by atoms with Crippen LogP contribution in [0.25, 0.3) is 0 Å². The van der Waals surface area contributed by atoms with E-state index in [0.29, 0.717) is 0 Å². The topological polar surface area (TPSA) is 44.4 Å². The molecule has 0 aliphatic carbocycles. The normalized spacial score (nSPS) is 14.2. The lowest BCUT2D eigenvalue weighted by molar-refractivity contribution is -0.114. The zero-order valence-corrected chi connectivity index (χ0v) is 13.9. The third-order valence-electron chi connectivity index (χ3n) is 4.25. The number of hydrogen-bond donors (Lipinski definition) is 2. The molecule has 0 saturated carbocycles. The third-order valence-corrected chi connectivity index (χ3v) is 4.25. The number of hydrogen-bond acceptors (Lipinski definition) is 3. The first-order chi connectivity index (χ1) is 12.1. The Morgan fingerprint density at radius 3 is 2.52 bits per heavy atom. The summed E-state index contributed by atoms with van der Waals surface area (Å²) in [5.41, 5.74) is 1.92. The molecule has 0 unspecified atom stereocenters. The summed E-state index contributed by atoms with van der Waals surface area (Å²) in [5.74, 6) is -1.86. The quantitative estimate of drug-likeness (QED) is 0.861. The van der Waals surface area contributed by atoms with Crippen molar-refractivity contribution in [1.82, 2.24) is 0 Å². The smallest absolute Gasteiger partial charge is 0.243 e. The fourth-order valence-electron chi connectivity index (χ4n) is 2.99. The number of amides is 1. The van der Waals surface area contributed by atoms with Gasteiger partial charge in [-0.15, -0.1) is 0 Å². The van der Waals surface area contributed by atoms with Gasteiger partial charge < -0.3 is 15.5 Å². The first kappa shape index (κ1) is 17.2. The molecular weight excluding hydrogens is 324 g/mol. The molecule has 2 aromatic rings. The lowest BCUT2D eigenvalue weighted by Gasteiger charge is -2.30. The molecule has 2 aromatic carbocycles. The molecule has 0 bridgehead atoms. The van der Waals surface area contributed by atoms with Gasteiger partial charge in [0.1, 0.15) is 11.6 Å². The highest BCUT2D eigenvalue weighted by molar-refractivity contribution is 5.94. The first-order valence-electron chi connectivity index (χ1n) is 8.46. The Hall–Kier alpha value is -2.63. The Morgan fingerprint density at radius 1 is 1.00 bits per heavy atom. The summed E-state index contributed by atoms with van der Waals surface area (Å²) >= 11 is 0. The van der Waals surface area contributed by atoms with Crippen LogP contribution in [0.5, 0.6) is 0 Å². The average molecular weight is 345 g/mol. The Morgan fingerprint density at radius 2 is 1.76 bits per heavy atom. The minimum Gasteiger partial charge on any atom is -0.374 e. The molecule has 0 aromatic heterocycles. The average Bonchev–Trinajstić information content (AvgIpc) is 2.63. The van der Waals surface area contributed by atoms with E-state index in [4.69, 9.17) is 0 Å².